The van der Waals surface area contributed by atoms with E-state index in [1.807, 2.05) is 13.0 Å². The Bertz CT molecular complexity index is 620. The topological polar surface area (TPSA) is 37.4 Å². The van der Waals surface area contributed by atoms with Gasteiger partial charge in [0.25, 0.3) is 0 Å². The van der Waals surface area contributed by atoms with Crippen molar-refractivity contribution in [2.45, 2.75) is 43.5 Å². The van der Waals surface area contributed by atoms with E-state index in [4.69, 9.17) is 11.6 Å². The summed E-state index contributed by atoms with van der Waals surface area (Å²) in [7, 11) is -3.51. The minimum absolute atomic E-state index is 0.00762. The highest BCUT2D eigenvalue weighted by molar-refractivity contribution is 9.11. The van der Waals surface area contributed by atoms with Crippen LogP contribution in [0.25, 0.3) is 0 Å². The van der Waals surface area contributed by atoms with E-state index in [1.165, 1.54) is 0 Å². The van der Waals surface area contributed by atoms with Gasteiger partial charge in [-0.3, -0.25) is 0 Å². The maximum atomic E-state index is 13.0. The van der Waals surface area contributed by atoms with Crippen molar-refractivity contribution in [3.63, 3.8) is 0 Å². The first-order valence-corrected chi connectivity index (χ1v) is 10.5. The van der Waals surface area contributed by atoms with Gasteiger partial charge in [-0.25, -0.2) is 8.42 Å². The summed E-state index contributed by atoms with van der Waals surface area (Å²) in [6.07, 6.45) is 3.55. The smallest absolute Gasteiger partial charge is 0.207 e. The fraction of sp³-hybridized carbons (Fsp3) is 0.571. The van der Waals surface area contributed by atoms with E-state index in [0.29, 0.717) is 28.2 Å². The van der Waals surface area contributed by atoms with Gasteiger partial charge in [0.15, 0.2) is 0 Å². The summed E-state index contributed by atoms with van der Waals surface area (Å²) in [6.45, 7) is 2.50. The SMILES string of the molecule is Cc1cc(Br)c(S(=O)(=O)N2CCCCC2CCCl)cc1Br. The van der Waals surface area contributed by atoms with Crippen LogP contribution in [0.3, 0.4) is 0 Å². The highest BCUT2D eigenvalue weighted by Crippen LogP contribution is 2.34. The Morgan fingerprint density at radius 2 is 2.00 bits per heavy atom. The van der Waals surface area contributed by atoms with Crippen molar-refractivity contribution in [3.8, 4) is 0 Å². The van der Waals surface area contributed by atoms with Crippen LogP contribution in [0.15, 0.2) is 26.0 Å². The minimum Gasteiger partial charge on any atom is -0.207 e. The molecule has 3 nitrogen and oxygen atoms in total. The van der Waals surface area contributed by atoms with Crippen LogP contribution in [0.1, 0.15) is 31.2 Å². The van der Waals surface area contributed by atoms with Crippen LogP contribution in [0.2, 0.25) is 0 Å². The lowest BCUT2D eigenvalue weighted by molar-refractivity contribution is 0.247. The van der Waals surface area contributed by atoms with Crippen LogP contribution in [0.5, 0.6) is 0 Å². The Hall–Kier alpha value is 0.380. The largest absolute Gasteiger partial charge is 0.244 e. The number of hydrogen-bond acceptors (Lipinski definition) is 2. The summed E-state index contributed by atoms with van der Waals surface area (Å²) in [4.78, 5) is 0.321. The van der Waals surface area contributed by atoms with Crippen molar-refractivity contribution in [2.75, 3.05) is 12.4 Å². The van der Waals surface area contributed by atoms with Crippen LogP contribution in [-0.4, -0.2) is 31.2 Å². The number of alkyl halides is 1. The lowest BCUT2D eigenvalue weighted by Crippen LogP contribution is -2.43. The molecule has 2 rings (SSSR count). The van der Waals surface area contributed by atoms with Gasteiger partial charge in [0.2, 0.25) is 10.0 Å². The van der Waals surface area contributed by atoms with E-state index < -0.39 is 10.0 Å². The molecule has 1 unspecified atom stereocenters. The number of aryl methyl sites for hydroxylation is 1. The standard InChI is InChI=1S/C14H18Br2ClNO2S/c1-10-8-13(16)14(9-12(10)15)21(19,20)18-7-3-2-4-11(18)5-6-17/h8-9,11H,2-7H2,1H3. The van der Waals surface area contributed by atoms with E-state index in [2.05, 4.69) is 31.9 Å². The Morgan fingerprint density at radius 1 is 1.29 bits per heavy atom. The van der Waals surface area contributed by atoms with Gasteiger partial charge in [-0.05, 0) is 59.8 Å². The Morgan fingerprint density at radius 3 is 2.67 bits per heavy atom. The second-order valence-corrected chi connectivity index (χ2v) is 9.22. The average molecular weight is 460 g/mol. The summed E-state index contributed by atoms with van der Waals surface area (Å²) in [6, 6.07) is 3.52. The van der Waals surface area contributed by atoms with E-state index >= 15 is 0 Å². The summed E-state index contributed by atoms with van der Waals surface area (Å²) in [5.41, 5.74) is 0.997. The molecular formula is C14H18Br2ClNO2S. The van der Waals surface area contributed by atoms with Crippen molar-refractivity contribution >= 4 is 53.5 Å². The van der Waals surface area contributed by atoms with Crippen molar-refractivity contribution in [1.29, 1.82) is 0 Å². The van der Waals surface area contributed by atoms with Crippen molar-refractivity contribution in [3.05, 3.63) is 26.6 Å². The van der Waals surface area contributed by atoms with Gasteiger partial charge in [0.1, 0.15) is 0 Å². The van der Waals surface area contributed by atoms with Crippen LogP contribution in [0, 0.1) is 6.92 Å². The molecule has 0 radical (unpaired) electrons. The molecule has 1 aliphatic rings. The van der Waals surface area contributed by atoms with Crippen LogP contribution >= 0.6 is 43.5 Å². The predicted octanol–water partition coefficient (Wildman–Crippen LogP) is 4.69. The van der Waals surface area contributed by atoms with Gasteiger partial charge in [-0.15, -0.1) is 11.6 Å². The lowest BCUT2D eigenvalue weighted by Gasteiger charge is -2.34. The molecule has 1 atom stereocenters. The number of hydrogen-bond donors (Lipinski definition) is 0. The van der Waals surface area contributed by atoms with Crippen molar-refractivity contribution in [2.24, 2.45) is 0 Å². The first kappa shape index (κ1) is 17.7. The van der Waals surface area contributed by atoms with Gasteiger partial charge in [-0.2, -0.15) is 4.31 Å². The lowest BCUT2D eigenvalue weighted by atomic mass is 10.0. The molecule has 1 aliphatic heterocycles. The van der Waals surface area contributed by atoms with Gasteiger partial charge in [-0.1, -0.05) is 22.4 Å². The van der Waals surface area contributed by atoms with Crippen LogP contribution in [-0.2, 0) is 10.0 Å². The Balaban J connectivity index is 2.43. The quantitative estimate of drug-likeness (QED) is 0.613. The van der Waals surface area contributed by atoms with Gasteiger partial charge in [0, 0.05) is 27.4 Å². The molecule has 0 bridgehead atoms. The summed E-state index contributed by atoms with van der Waals surface area (Å²) in [5.74, 6) is 0.482. The maximum absolute atomic E-state index is 13.0. The first-order chi connectivity index (χ1) is 9.87. The molecule has 0 spiro atoms. The van der Waals surface area contributed by atoms with Gasteiger partial charge < -0.3 is 0 Å². The fourth-order valence-electron chi connectivity index (χ4n) is 2.66. The normalized spacial score (nSPS) is 20.7. The van der Waals surface area contributed by atoms with Crippen molar-refractivity contribution in [1.82, 2.24) is 4.31 Å². The molecule has 21 heavy (non-hydrogen) atoms. The Labute approximate surface area is 148 Å². The number of sulfonamides is 1. The fourth-order valence-corrected chi connectivity index (χ4v) is 6.27. The first-order valence-electron chi connectivity index (χ1n) is 6.91. The van der Waals surface area contributed by atoms with E-state index in [-0.39, 0.29) is 6.04 Å². The molecule has 1 aromatic carbocycles. The van der Waals surface area contributed by atoms with Crippen LogP contribution in [0.4, 0.5) is 0 Å². The predicted molar refractivity (Wildman–Crippen MR) is 93.4 cm³/mol. The van der Waals surface area contributed by atoms with E-state index in [0.717, 1.165) is 29.3 Å². The number of rotatable bonds is 4. The summed E-state index contributed by atoms with van der Waals surface area (Å²) >= 11 is 12.6. The molecule has 118 valence electrons. The zero-order valence-corrected chi connectivity index (χ0v) is 16.5. The summed E-state index contributed by atoms with van der Waals surface area (Å²) in [5, 5.41) is 0. The average Bonchev–Trinajstić information content (AvgIpc) is 2.43. The molecule has 1 saturated heterocycles. The molecular weight excluding hydrogens is 441 g/mol. The Kier molecular flexibility index (Phi) is 6.16. The molecule has 1 fully saturated rings. The molecule has 0 amide bonds. The van der Waals surface area contributed by atoms with Crippen LogP contribution < -0.4 is 0 Å². The molecule has 7 heteroatoms. The van der Waals surface area contributed by atoms with Crippen molar-refractivity contribution < 1.29 is 8.42 Å². The highest BCUT2D eigenvalue weighted by Gasteiger charge is 2.34. The van der Waals surface area contributed by atoms with Gasteiger partial charge >= 0.3 is 0 Å². The third-order valence-electron chi connectivity index (χ3n) is 3.82. The molecule has 0 N–H and O–H groups in total. The maximum Gasteiger partial charge on any atom is 0.244 e. The number of halogens is 3. The minimum atomic E-state index is -3.51. The second kappa shape index (κ2) is 7.30. The molecule has 1 aromatic rings. The van der Waals surface area contributed by atoms with E-state index in [9.17, 15) is 8.42 Å². The number of nitrogens with zero attached hydrogens (tertiary/aromatic N) is 1. The molecule has 0 aromatic heterocycles. The zero-order chi connectivity index (χ0) is 15.6. The highest BCUT2D eigenvalue weighted by atomic mass is 79.9. The number of benzene rings is 1. The molecule has 0 saturated carbocycles. The third kappa shape index (κ3) is 3.83. The van der Waals surface area contributed by atoms with E-state index in [1.54, 1.807) is 10.4 Å². The number of piperidine rings is 1. The molecule has 0 aliphatic carbocycles. The second-order valence-electron chi connectivity index (χ2n) is 5.27. The van der Waals surface area contributed by atoms with Gasteiger partial charge in [0.05, 0.1) is 4.90 Å². The summed E-state index contributed by atoms with van der Waals surface area (Å²) < 4.78 is 29.0. The zero-order valence-electron chi connectivity index (χ0n) is 11.8. The third-order valence-corrected chi connectivity index (χ3v) is 7.80. The molecule has 1 heterocycles. The monoisotopic (exact) mass is 457 g/mol.